The second kappa shape index (κ2) is 4.62. The van der Waals surface area contributed by atoms with Crippen molar-refractivity contribution >= 4 is 5.82 Å². The minimum atomic E-state index is 0.625. The van der Waals surface area contributed by atoms with E-state index in [1.54, 1.807) is 0 Å². The van der Waals surface area contributed by atoms with Crippen LogP contribution in [0.15, 0.2) is 24.5 Å². The number of pyridine rings is 1. The van der Waals surface area contributed by atoms with Crippen LogP contribution in [0.4, 0.5) is 5.82 Å². The van der Waals surface area contributed by atoms with Crippen LogP contribution >= 0.6 is 0 Å². The Hall–Kier alpha value is -1.84. The highest BCUT2D eigenvalue weighted by atomic mass is 15.3. The van der Waals surface area contributed by atoms with E-state index in [2.05, 4.69) is 33.1 Å². The first kappa shape index (κ1) is 11.9. The zero-order valence-corrected chi connectivity index (χ0v) is 11.6. The smallest absolute Gasteiger partial charge is 0.126 e. The van der Waals surface area contributed by atoms with E-state index in [1.165, 1.54) is 37.7 Å². The summed E-state index contributed by atoms with van der Waals surface area (Å²) in [5.41, 5.74) is 9.28. The largest absolute Gasteiger partial charge is 0.383 e. The third-order valence-corrected chi connectivity index (χ3v) is 4.57. The standard InChI is InChI=1S/C16H20N4/c17-16-14(12-4-5-12)8-13(9-18-16)15-6-7-20(19-15)10-11-2-1-3-11/h6-9,11-12H,1-5,10H2,(H2,17,18). The van der Waals surface area contributed by atoms with Gasteiger partial charge in [0.1, 0.15) is 5.82 Å². The molecule has 20 heavy (non-hydrogen) atoms. The summed E-state index contributed by atoms with van der Waals surface area (Å²) in [6, 6.07) is 4.26. The van der Waals surface area contributed by atoms with Gasteiger partial charge in [-0.2, -0.15) is 5.10 Å². The van der Waals surface area contributed by atoms with Gasteiger partial charge in [-0.25, -0.2) is 4.98 Å². The van der Waals surface area contributed by atoms with E-state index in [0.717, 1.165) is 23.7 Å². The van der Waals surface area contributed by atoms with Crippen LogP contribution < -0.4 is 5.73 Å². The number of aromatic nitrogens is 3. The fraction of sp³-hybridized carbons (Fsp3) is 0.500. The molecule has 2 aromatic heterocycles. The van der Waals surface area contributed by atoms with Crippen LogP contribution in [0.3, 0.4) is 0 Å². The molecule has 2 fully saturated rings. The van der Waals surface area contributed by atoms with Gasteiger partial charge in [0.05, 0.1) is 5.69 Å². The van der Waals surface area contributed by atoms with Crippen molar-refractivity contribution in [1.82, 2.24) is 14.8 Å². The molecule has 0 bridgehead atoms. The second-order valence-electron chi connectivity index (χ2n) is 6.19. The van der Waals surface area contributed by atoms with Gasteiger partial charge in [-0.1, -0.05) is 6.42 Å². The molecule has 0 radical (unpaired) electrons. The van der Waals surface area contributed by atoms with Gasteiger partial charge in [0.15, 0.2) is 0 Å². The van der Waals surface area contributed by atoms with Crippen LogP contribution in [0.5, 0.6) is 0 Å². The number of nitrogens with two attached hydrogens (primary N) is 1. The van der Waals surface area contributed by atoms with Gasteiger partial charge < -0.3 is 5.73 Å². The number of rotatable bonds is 4. The van der Waals surface area contributed by atoms with Crippen LogP contribution in [0.1, 0.15) is 43.6 Å². The summed E-state index contributed by atoms with van der Waals surface area (Å²) in [4.78, 5) is 4.34. The highest BCUT2D eigenvalue weighted by molar-refractivity contribution is 5.62. The highest BCUT2D eigenvalue weighted by Gasteiger charge is 2.26. The minimum absolute atomic E-state index is 0.625. The Bertz CT molecular complexity index is 623. The molecule has 0 unspecified atom stereocenters. The van der Waals surface area contributed by atoms with Crippen molar-refractivity contribution in [2.24, 2.45) is 5.92 Å². The van der Waals surface area contributed by atoms with E-state index in [0.29, 0.717) is 11.7 Å². The van der Waals surface area contributed by atoms with Crippen LogP contribution in [-0.2, 0) is 6.54 Å². The lowest BCUT2D eigenvalue weighted by Gasteiger charge is -2.24. The summed E-state index contributed by atoms with van der Waals surface area (Å²) in [5, 5.41) is 4.69. The summed E-state index contributed by atoms with van der Waals surface area (Å²) in [6.07, 6.45) is 10.5. The molecule has 104 valence electrons. The van der Waals surface area contributed by atoms with E-state index in [1.807, 2.05) is 6.20 Å². The maximum atomic E-state index is 5.97. The Kier molecular flexibility index (Phi) is 2.76. The maximum Gasteiger partial charge on any atom is 0.126 e. The van der Waals surface area contributed by atoms with E-state index >= 15 is 0 Å². The Balaban J connectivity index is 1.58. The predicted molar refractivity (Wildman–Crippen MR) is 79.2 cm³/mol. The summed E-state index contributed by atoms with van der Waals surface area (Å²) in [5.74, 6) is 2.14. The van der Waals surface area contributed by atoms with Gasteiger partial charge >= 0.3 is 0 Å². The topological polar surface area (TPSA) is 56.7 Å². The number of hydrogen-bond acceptors (Lipinski definition) is 3. The van der Waals surface area contributed by atoms with Crippen molar-refractivity contribution in [2.75, 3.05) is 5.73 Å². The fourth-order valence-electron chi connectivity index (χ4n) is 2.91. The van der Waals surface area contributed by atoms with Crippen molar-refractivity contribution in [2.45, 2.75) is 44.6 Å². The van der Waals surface area contributed by atoms with Crippen molar-refractivity contribution in [3.8, 4) is 11.3 Å². The third kappa shape index (κ3) is 2.19. The van der Waals surface area contributed by atoms with E-state index in [-0.39, 0.29) is 0 Å². The van der Waals surface area contributed by atoms with Crippen molar-refractivity contribution in [3.63, 3.8) is 0 Å². The monoisotopic (exact) mass is 268 g/mol. The van der Waals surface area contributed by atoms with Crippen molar-refractivity contribution in [3.05, 3.63) is 30.1 Å². The van der Waals surface area contributed by atoms with Gasteiger partial charge in [-0.15, -0.1) is 0 Å². The van der Waals surface area contributed by atoms with Crippen LogP contribution in [0.2, 0.25) is 0 Å². The summed E-state index contributed by atoms with van der Waals surface area (Å²) in [6.45, 7) is 1.05. The number of hydrogen-bond donors (Lipinski definition) is 1. The summed E-state index contributed by atoms with van der Waals surface area (Å²) >= 11 is 0. The molecule has 2 aliphatic rings. The lowest BCUT2D eigenvalue weighted by atomic mass is 9.85. The predicted octanol–water partition coefficient (Wildman–Crippen LogP) is 3.20. The van der Waals surface area contributed by atoms with E-state index < -0.39 is 0 Å². The molecule has 0 atom stereocenters. The number of nitrogens with zero attached hydrogens (tertiary/aromatic N) is 3. The first-order valence-corrected chi connectivity index (χ1v) is 7.59. The zero-order chi connectivity index (χ0) is 13.5. The Morgan fingerprint density at radius 1 is 1.25 bits per heavy atom. The Morgan fingerprint density at radius 2 is 2.10 bits per heavy atom. The minimum Gasteiger partial charge on any atom is -0.383 e. The van der Waals surface area contributed by atoms with Gasteiger partial charge in [0, 0.05) is 24.5 Å². The normalized spacial score (nSPS) is 19.0. The molecule has 2 saturated carbocycles. The molecule has 4 heteroatoms. The quantitative estimate of drug-likeness (QED) is 0.926. The van der Waals surface area contributed by atoms with Crippen LogP contribution in [0.25, 0.3) is 11.3 Å². The maximum absolute atomic E-state index is 5.97. The van der Waals surface area contributed by atoms with Crippen LogP contribution in [0, 0.1) is 5.92 Å². The molecular weight excluding hydrogens is 248 g/mol. The Labute approximate surface area is 119 Å². The molecule has 0 aliphatic heterocycles. The second-order valence-corrected chi connectivity index (χ2v) is 6.19. The average molecular weight is 268 g/mol. The third-order valence-electron chi connectivity index (χ3n) is 4.57. The fourth-order valence-corrected chi connectivity index (χ4v) is 2.91. The van der Waals surface area contributed by atoms with Crippen molar-refractivity contribution in [1.29, 1.82) is 0 Å². The number of nitrogen functional groups attached to an aromatic ring is 1. The molecule has 2 N–H and O–H groups in total. The highest BCUT2D eigenvalue weighted by Crippen LogP contribution is 2.43. The molecule has 0 aromatic carbocycles. The lowest BCUT2D eigenvalue weighted by Crippen LogP contribution is -2.18. The van der Waals surface area contributed by atoms with E-state index in [9.17, 15) is 0 Å². The Morgan fingerprint density at radius 3 is 2.80 bits per heavy atom. The summed E-state index contributed by atoms with van der Waals surface area (Å²) in [7, 11) is 0. The molecule has 4 rings (SSSR count). The molecule has 4 nitrogen and oxygen atoms in total. The van der Waals surface area contributed by atoms with E-state index in [4.69, 9.17) is 5.73 Å². The molecule has 0 amide bonds. The van der Waals surface area contributed by atoms with Gasteiger partial charge in [0.25, 0.3) is 0 Å². The first-order valence-electron chi connectivity index (χ1n) is 7.59. The van der Waals surface area contributed by atoms with Crippen LogP contribution in [-0.4, -0.2) is 14.8 Å². The zero-order valence-electron chi connectivity index (χ0n) is 11.6. The number of anilines is 1. The molecule has 2 aliphatic carbocycles. The summed E-state index contributed by atoms with van der Waals surface area (Å²) < 4.78 is 2.08. The molecule has 0 spiro atoms. The van der Waals surface area contributed by atoms with Crippen molar-refractivity contribution < 1.29 is 0 Å². The van der Waals surface area contributed by atoms with Gasteiger partial charge in [0.2, 0.25) is 0 Å². The lowest BCUT2D eigenvalue weighted by molar-refractivity contribution is 0.267. The first-order chi connectivity index (χ1) is 9.79. The van der Waals surface area contributed by atoms with Gasteiger partial charge in [-0.05, 0) is 55.2 Å². The molecule has 2 aromatic rings. The molecular formula is C16H20N4. The SMILES string of the molecule is Nc1ncc(-c2ccn(CC3CCC3)n2)cc1C1CC1. The average Bonchev–Trinajstić information content (AvgIpc) is 3.13. The molecule has 2 heterocycles. The molecule has 0 saturated heterocycles. The van der Waals surface area contributed by atoms with Gasteiger partial charge in [-0.3, -0.25) is 4.68 Å².